The number of carbonyl (C=O) groups excluding carboxylic acids is 1. The number of amides is 1. The molecule has 29 heavy (non-hydrogen) atoms. The zero-order valence-corrected chi connectivity index (χ0v) is 17.4. The number of primary amides is 1. The van der Waals surface area contributed by atoms with Crippen LogP contribution in [0, 0.1) is 0 Å². The van der Waals surface area contributed by atoms with Gasteiger partial charge in [0.1, 0.15) is 4.83 Å². The number of hydrogen-bond acceptors (Lipinski definition) is 5. The molecule has 0 aliphatic carbocycles. The lowest BCUT2D eigenvalue weighted by Gasteiger charge is -2.15. The van der Waals surface area contributed by atoms with E-state index in [4.69, 9.17) is 10.7 Å². The van der Waals surface area contributed by atoms with E-state index in [1.54, 1.807) is 4.57 Å². The Morgan fingerprint density at radius 2 is 1.79 bits per heavy atom. The predicted octanol–water partition coefficient (Wildman–Crippen LogP) is 4.47. The highest BCUT2D eigenvalue weighted by molar-refractivity contribution is 8.00. The van der Waals surface area contributed by atoms with Crippen LogP contribution >= 0.6 is 23.1 Å². The molecule has 0 saturated heterocycles. The number of benzene rings is 2. The van der Waals surface area contributed by atoms with Gasteiger partial charge in [0.05, 0.1) is 16.3 Å². The largest absolute Gasteiger partial charge is 0.369 e. The van der Waals surface area contributed by atoms with Crippen LogP contribution < -0.4 is 11.3 Å². The van der Waals surface area contributed by atoms with Gasteiger partial charge in [0.25, 0.3) is 5.56 Å². The highest BCUT2D eigenvalue weighted by atomic mass is 32.2. The zero-order valence-electron chi connectivity index (χ0n) is 15.7. The molecule has 0 spiro atoms. The number of thioether (sulfide) groups is 1. The fourth-order valence-corrected chi connectivity index (χ4v) is 5.12. The van der Waals surface area contributed by atoms with E-state index in [0.29, 0.717) is 27.5 Å². The number of nitrogens with zero attached hydrogens (tertiary/aromatic N) is 2. The Morgan fingerprint density at radius 1 is 1.14 bits per heavy atom. The topological polar surface area (TPSA) is 78.0 Å². The Labute approximate surface area is 176 Å². The molecule has 0 saturated carbocycles. The fourth-order valence-electron chi connectivity index (χ4n) is 3.06. The number of carbonyl (C=O) groups is 1. The minimum Gasteiger partial charge on any atom is -0.369 e. The van der Waals surface area contributed by atoms with Crippen molar-refractivity contribution >= 4 is 39.2 Å². The van der Waals surface area contributed by atoms with Gasteiger partial charge in [-0.2, -0.15) is 0 Å². The smallest absolute Gasteiger partial charge is 0.267 e. The molecule has 0 aliphatic rings. The second-order valence-corrected chi connectivity index (χ2v) is 8.68. The summed E-state index contributed by atoms with van der Waals surface area (Å²) < 4.78 is 1.57. The van der Waals surface area contributed by atoms with E-state index >= 15 is 0 Å². The van der Waals surface area contributed by atoms with E-state index in [2.05, 4.69) is 0 Å². The van der Waals surface area contributed by atoms with Crippen LogP contribution in [-0.4, -0.2) is 20.7 Å². The molecular formula is C22H19N3O2S2. The number of hydrogen-bond donors (Lipinski definition) is 1. The summed E-state index contributed by atoms with van der Waals surface area (Å²) in [6.07, 6.45) is 0.558. The molecule has 2 aromatic carbocycles. The third kappa shape index (κ3) is 3.83. The molecule has 0 radical (unpaired) electrons. The summed E-state index contributed by atoms with van der Waals surface area (Å²) in [6.45, 7) is 1.89. The molecule has 5 nitrogen and oxygen atoms in total. The molecule has 2 N–H and O–H groups in total. The van der Waals surface area contributed by atoms with Crippen molar-refractivity contribution < 1.29 is 4.79 Å². The molecule has 0 fully saturated rings. The average molecular weight is 422 g/mol. The van der Waals surface area contributed by atoms with Crippen molar-refractivity contribution in [3.05, 3.63) is 77.1 Å². The molecular weight excluding hydrogens is 402 g/mol. The molecule has 0 bridgehead atoms. The van der Waals surface area contributed by atoms with Crippen LogP contribution in [0.4, 0.5) is 0 Å². The lowest BCUT2D eigenvalue weighted by atomic mass is 10.2. The van der Waals surface area contributed by atoms with E-state index in [9.17, 15) is 9.59 Å². The second-order valence-electron chi connectivity index (χ2n) is 6.48. The van der Waals surface area contributed by atoms with Crippen molar-refractivity contribution in [3.8, 4) is 16.1 Å². The summed E-state index contributed by atoms with van der Waals surface area (Å²) in [7, 11) is 0. The third-order valence-electron chi connectivity index (χ3n) is 4.54. The van der Waals surface area contributed by atoms with Gasteiger partial charge in [0.15, 0.2) is 5.16 Å². The minimum atomic E-state index is -0.456. The summed E-state index contributed by atoms with van der Waals surface area (Å²) in [5.74, 6) is -0.414. The Bertz CT molecular complexity index is 1220. The highest BCUT2D eigenvalue weighted by Crippen LogP contribution is 2.33. The van der Waals surface area contributed by atoms with E-state index < -0.39 is 11.2 Å². The van der Waals surface area contributed by atoms with E-state index in [1.807, 2.05) is 73.7 Å². The molecule has 2 heterocycles. The van der Waals surface area contributed by atoms with E-state index in [0.717, 1.165) is 10.4 Å². The van der Waals surface area contributed by atoms with Gasteiger partial charge in [0, 0.05) is 4.88 Å². The first-order chi connectivity index (χ1) is 14.1. The summed E-state index contributed by atoms with van der Waals surface area (Å²) in [6, 6.07) is 21.2. The molecule has 2 aromatic heterocycles. The SMILES string of the molecule is CCC(Sc1nc2sc(-c3ccccc3)cc2c(=O)n1-c1ccccc1)C(N)=O. The maximum Gasteiger partial charge on any atom is 0.267 e. The third-order valence-corrected chi connectivity index (χ3v) is 6.96. The van der Waals surface area contributed by atoms with Crippen molar-refractivity contribution in [1.82, 2.24) is 9.55 Å². The van der Waals surface area contributed by atoms with E-state index in [-0.39, 0.29) is 5.56 Å². The van der Waals surface area contributed by atoms with Crippen molar-refractivity contribution in [3.63, 3.8) is 0 Å². The maximum absolute atomic E-state index is 13.4. The van der Waals surface area contributed by atoms with Gasteiger partial charge in [-0.05, 0) is 30.2 Å². The van der Waals surface area contributed by atoms with Crippen molar-refractivity contribution in [2.45, 2.75) is 23.8 Å². The van der Waals surface area contributed by atoms with Crippen LogP contribution in [0.2, 0.25) is 0 Å². The maximum atomic E-state index is 13.4. The Morgan fingerprint density at radius 3 is 2.41 bits per heavy atom. The van der Waals surface area contributed by atoms with E-state index in [1.165, 1.54) is 23.1 Å². The Hall–Kier alpha value is -2.90. The van der Waals surface area contributed by atoms with Gasteiger partial charge in [-0.25, -0.2) is 4.98 Å². The molecule has 0 aliphatic heterocycles. The van der Waals surface area contributed by atoms with Crippen LogP contribution in [0.15, 0.2) is 76.7 Å². The van der Waals surface area contributed by atoms with Crippen molar-refractivity contribution in [2.24, 2.45) is 5.73 Å². The Kier molecular flexibility index (Phi) is 5.51. The van der Waals surface area contributed by atoms with Crippen LogP contribution in [-0.2, 0) is 4.79 Å². The van der Waals surface area contributed by atoms with Crippen molar-refractivity contribution in [1.29, 1.82) is 0 Å². The lowest BCUT2D eigenvalue weighted by molar-refractivity contribution is -0.117. The number of para-hydroxylation sites is 1. The van der Waals surface area contributed by atoms with Crippen LogP contribution in [0.1, 0.15) is 13.3 Å². The number of aromatic nitrogens is 2. The van der Waals surface area contributed by atoms with Gasteiger partial charge in [-0.3, -0.25) is 14.2 Å². The van der Waals surface area contributed by atoms with Crippen LogP contribution in [0.5, 0.6) is 0 Å². The first-order valence-electron chi connectivity index (χ1n) is 9.22. The number of nitrogens with two attached hydrogens (primary N) is 1. The van der Waals surface area contributed by atoms with Crippen LogP contribution in [0.3, 0.4) is 0 Å². The highest BCUT2D eigenvalue weighted by Gasteiger charge is 2.22. The standard InChI is InChI=1S/C22H19N3O2S2/c1-2-17(19(23)26)29-22-24-20-16(13-18(28-20)14-9-5-3-6-10-14)21(27)25(22)15-11-7-4-8-12-15/h3-13,17H,2H2,1H3,(H2,23,26). The van der Waals surface area contributed by atoms with Gasteiger partial charge < -0.3 is 5.73 Å². The minimum absolute atomic E-state index is 0.151. The van der Waals surface area contributed by atoms with Gasteiger partial charge in [0.2, 0.25) is 5.91 Å². The van der Waals surface area contributed by atoms with Gasteiger partial charge >= 0.3 is 0 Å². The van der Waals surface area contributed by atoms with Gasteiger partial charge in [-0.15, -0.1) is 11.3 Å². The normalized spacial score (nSPS) is 12.2. The molecule has 7 heteroatoms. The summed E-state index contributed by atoms with van der Waals surface area (Å²) in [5, 5.41) is 0.581. The average Bonchev–Trinajstić information content (AvgIpc) is 3.18. The summed E-state index contributed by atoms with van der Waals surface area (Å²) in [4.78, 5) is 31.6. The molecule has 1 atom stereocenters. The summed E-state index contributed by atoms with van der Waals surface area (Å²) >= 11 is 2.71. The number of thiophene rings is 1. The number of rotatable bonds is 6. The molecule has 1 amide bonds. The van der Waals surface area contributed by atoms with Crippen molar-refractivity contribution in [2.75, 3.05) is 0 Å². The molecule has 146 valence electrons. The Balaban J connectivity index is 1.94. The lowest BCUT2D eigenvalue weighted by Crippen LogP contribution is -2.27. The first-order valence-corrected chi connectivity index (χ1v) is 10.9. The number of fused-ring (bicyclic) bond motifs is 1. The molecule has 1 unspecified atom stereocenters. The second kappa shape index (κ2) is 8.23. The first kappa shape index (κ1) is 19.4. The molecule has 4 rings (SSSR count). The zero-order chi connectivity index (χ0) is 20.4. The predicted molar refractivity (Wildman–Crippen MR) is 120 cm³/mol. The monoisotopic (exact) mass is 421 g/mol. The molecule has 4 aromatic rings. The van der Waals surface area contributed by atoms with Crippen LogP contribution in [0.25, 0.3) is 26.3 Å². The summed E-state index contributed by atoms with van der Waals surface area (Å²) in [5.41, 5.74) is 7.14. The van der Waals surface area contributed by atoms with Gasteiger partial charge in [-0.1, -0.05) is 67.2 Å². The quantitative estimate of drug-likeness (QED) is 0.368. The fraction of sp³-hybridized carbons (Fsp3) is 0.136.